The maximum Gasteiger partial charge on any atom is 0.254 e. The van der Waals surface area contributed by atoms with Gasteiger partial charge in [0.25, 0.3) is 5.91 Å². The van der Waals surface area contributed by atoms with Crippen LogP contribution in [-0.4, -0.2) is 35.8 Å². The number of rotatable bonds is 7. The summed E-state index contributed by atoms with van der Waals surface area (Å²) in [5.74, 6) is 0.916. The Hall–Kier alpha value is -3.58. The largest absolute Gasteiger partial charge is 0.327 e. The molecule has 0 aliphatic carbocycles. The molecule has 5 aromatic rings. The zero-order chi connectivity index (χ0) is 21.9. The van der Waals surface area contributed by atoms with Crippen molar-refractivity contribution in [1.82, 2.24) is 23.7 Å². The Kier molecular flexibility index (Phi) is 5.64. The van der Waals surface area contributed by atoms with Gasteiger partial charge in [-0.1, -0.05) is 24.3 Å². The number of amides is 1. The number of imidazole rings is 2. The summed E-state index contributed by atoms with van der Waals surface area (Å²) in [6.07, 6.45) is 9.71. The highest BCUT2D eigenvalue weighted by Crippen LogP contribution is 2.18. The highest BCUT2D eigenvalue weighted by molar-refractivity contribution is 7.97. The number of nitrogens with zero attached hydrogens (tertiary/aromatic N) is 5. The zero-order valence-corrected chi connectivity index (χ0v) is 18.6. The highest BCUT2D eigenvalue weighted by atomic mass is 32.2. The third-order valence-corrected chi connectivity index (χ3v) is 6.11. The van der Waals surface area contributed by atoms with Crippen molar-refractivity contribution in [3.63, 3.8) is 0 Å². The molecule has 4 heterocycles. The predicted octanol–water partition coefficient (Wildman–Crippen LogP) is 4.69. The molecular formula is C25H23N5OS. The summed E-state index contributed by atoms with van der Waals surface area (Å²) in [5, 5.41) is 0. The van der Waals surface area contributed by atoms with Gasteiger partial charge in [-0.25, -0.2) is 9.97 Å². The van der Waals surface area contributed by atoms with Crippen LogP contribution in [0.1, 0.15) is 27.3 Å². The quantitative estimate of drug-likeness (QED) is 0.368. The molecule has 0 saturated heterocycles. The van der Waals surface area contributed by atoms with E-state index in [0.717, 1.165) is 28.4 Å². The smallest absolute Gasteiger partial charge is 0.254 e. The van der Waals surface area contributed by atoms with E-state index in [1.54, 1.807) is 11.8 Å². The molecular weight excluding hydrogens is 418 g/mol. The van der Waals surface area contributed by atoms with Gasteiger partial charge in [0.1, 0.15) is 11.3 Å². The third-order valence-electron chi connectivity index (χ3n) is 5.49. The summed E-state index contributed by atoms with van der Waals surface area (Å²) in [6.45, 7) is 0.882. The van der Waals surface area contributed by atoms with Crippen molar-refractivity contribution < 1.29 is 4.79 Å². The van der Waals surface area contributed by atoms with E-state index >= 15 is 0 Å². The SMILES string of the molecule is CSCc1ccc(C(=O)N(Cc2cnc3ccccn23)Cc2cnc3ccccn23)cc1. The van der Waals surface area contributed by atoms with Gasteiger partial charge in [-0.3, -0.25) is 4.79 Å². The lowest BCUT2D eigenvalue weighted by Gasteiger charge is -2.23. The summed E-state index contributed by atoms with van der Waals surface area (Å²) in [6, 6.07) is 19.7. The van der Waals surface area contributed by atoms with Crippen LogP contribution >= 0.6 is 11.8 Å². The second kappa shape index (κ2) is 8.88. The van der Waals surface area contributed by atoms with Gasteiger partial charge in [0.15, 0.2) is 0 Å². The van der Waals surface area contributed by atoms with Gasteiger partial charge >= 0.3 is 0 Å². The number of pyridine rings is 2. The second-order valence-corrected chi connectivity index (χ2v) is 8.51. The fourth-order valence-corrected chi connectivity index (χ4v) is 4.41. The lowest BCUT2D eigenvalue weighted by Crippen LogP contribution is -2.31. The number of hydrogen-bond acceptors (Lipinski definition) is 4. The van der Waals surface area contributed by atoms with Crippen LogP contribution in [0.4, 0.5) is 0 Å². The van der Waals surface area contributed by atoms with Crippen LogP contribution in [0.25, 0.3) is 11.3 Å². The molecule has 6 nitrogen and oxygen atoms in total. The molecule has 0 spiro atoms. The average Bonchev–Trinajstić information content (AvgIpc) is 3.43. The minimum Gasteiger partial charge on any atom is -0.327 e. The van der Waals surface area contributed by atoms with E-state index in [-0.39, 0.29) is 5.91 Å². The molecule has 0 atom stereocenters. The predicted molar refractivity (Wildman–Crippen MR) is 128 cm³/mol. The van der Waals surface area contributed by atoms with E-state index in [2.05, 4.69) is 16.2 Å². The minimum atomic E-state index is -0.0162. The van der Waals surface area contributed by atoms with E-state index in [4.69, 9.17) is 0 Å². The summed E-state index contributed by atoms with van der Waals surface area (Å²) in [7, 11) is 0. The minimum absolute atomic E-state index is 0.0162. The molecule has 5 rings (SSSR count). The number of hydrogen-bond donors (Lipinski definition) is 0. The monoisotopic (exact) mass is 441 g/mol. The van der Waals surface area contributed by atoms with Crippen LogP contribution in [0.5, 0.6) is 0 Å². The van der Waals surface area contributed by atoms with Crippen LogP contribution in [-0.2, 0) is 18.8 Å². The molecule has 32 heavy (non-hydrogen) atoms. The number of thioether (sulfide) groups is 1. The molecule has 0 aliphatic rings. The van der Waals surface area contributed by atoms with Crippen LogP contribution < -0.4 is 0 Å². The van der Waals surface area contributed by atoms with Gasteiger partial charge in [-0.05, 0) is 48.2 Å². The van der Waals surface area contributed by atoms with E-state index in [1.165, 1.54) is 5.56 Å². The van der Waals surface area contributed by atoms with Crippen LogP contribution in [0.15, 0.2) is 85.5 Å². The van der Waals surface area contributed by atoms with Crippen LogP contribution in [0.2, 0.25) is 0 Å². The topological polar surface area (TPSA) is 54.9 Å². The first-order chi connectivity index (χ1) is 15.7. The lowest BCUT2D eigenvalue weighted by molar-refractivity contribution is 0.0725. The third kappa shape index (κ3) is 3.99. The van der Waals surface area contributed by atoms with E-state index < -0.39 is 0 Å². The molecule has 0 radical (unpaired) electrons. The second-order valence-electron chi connectivity index (χ2n) is 7.65. The van der Waals surface area contributed by atoms with Gasteiger partial charge in [0.05, 0.1) is 36.9 Å². The van der Waals surface area contributed by atoms with E-state index in [0.29, 0.717) is 18.7 Å². The molecule has 0 aliphatic heterocycles. The fourth-order valence-electron chi connectivity index (χ4n) is 3.89. The Labute approximate surface area is 190 Å². The Balaban J connectivity index is 1.49. The Morgan fingerprint density at radius 3 is 1.94 bits per heavy atom. The molecule has 4 aromatic heterocycles. The van der Waals surface area contributed by atoms with Crippen molar-refractivity contribution in [3.8, 4) is 0 Å². The van der Waals surface area contributed by atoms with Gasteiger partial charge in [0.2, 0.25) is 0 Å². The molecule has 160 valence electrons. The van der Waals surface area contributed by atoms with Gasteiger partial charge < -0.3 is 13.7 Å². The van der Waals surface area contributed by atoms with Gasteiger partial charge in [-0.2, -0.15) is 11.8 Å². The van der Waals surface area contributed by atoms with Crippen molar-refractivity contribution in [2.24, 2.45) is 0 Å². The molecule has 0 N–H and O–H groups in total. The summed E-state index contributed by atoms with van der Waals surface area (Å²) in [5.41, 5.74) is 5.54. The normalized spacial score (nSPS) is 11.3. The molecule has 1 amide bonds. The molecule has 0 bridgehead atoms. The number of carbonyl (C=O) groups excluding carboxylic acids is 1. The fraction of sp³-hybridized carbons (Fsp3) is 0.160. The summed E-state index contributed by atoms with van der Waals surface area (Å²) < 4.78 is 4.05. The number of fused-ring (bicyclic) bond motifs is 2. The van der Waals surface area contributed by atoms with Crippen LogP contribution in [0, 0.1) is 0 Å². The van der Waals surface area contributed by atoms with Crippen molar-refractivity contribution in [2.45, 2.75) is 18.8 Å². The number of aromatic nitrogens is 4. The molecule has 0 saturated carbocycles. The maximum atomic E-state index is 13.6. The van der Waals surface area contributed by atoms with Gasteiger partial charge in [0, 0.05) is 23.7 Å². The first kappa shape index (κ1) is 20.3. The van der Waals surface area contributed by atoms with Crippen molar-refractivity contribution >= 4 is 29.0 Å². The van der Waals surface area contributed by atoms with E-state index in [9.17, 15) is 4.79 Å². The first-order valence-corrected chi connectivity index (χ1v) is 11.8. The zero-order valence-electron chi connectivity index (χ0n) is 17.8. The maximum absolute atomic E-state index is 13.6. The Bertz CT molecular complexity index is 1300. The van der Waals surface area contributed by atoms with Gasteiger partial charge in [-0.15, -0.1) is 0 Å². The summed E-state index contributed by atoms with van der Waals surface area (Å²) in [4.78, 5) is 24.4. The van der Waals surface area contributed by atoms with Crippen molar-refractivity contribution in [3.05, 3.63) is 108 Å². The van der Waals surface area contributed by atoms with Crippen molar-refractivity contribution in [2.75, 3.05) is 6.26 Å². The number of carbonyl (C=O) groups is 1. The van der Waals surface area contributed by atoms with Crippen LogP contribution in [0.3, 0.4) is 0 Å². The van der Waals surface area contributed by atoms with Crippen molar-refractivity contribution in [1.29, 1.82) is 0 Å². The van der Waals surface area contributed by atoms with E-state index in [1.807, 2.05) is 99.2 Å². The molecule has 0 unspecified atom stereocenters. The Morgan fingerprint density at radius 2 is 1.41 bits per heavy atom. The average molecular weight is 442 g/mol. The number of benzene rings is 1. The summed E-state index contributed by atoms with van der Waals surface area (Å²) >= 11 is 1.77. The molecule has 0 fully saturated rings. The lowest BCUT2D eigenvalue weighted by atomic mass is 10.1. The highest BCUT2D eigenvalue weighted by Gasteiger charge is 2.20. The molecule has 7 heteroatoms. The standard InChI is InChI=1S/C25H23N5OS/c1-32-18-19-8-10-20(11-9-19)25(31)28(16-21-14-26-23-6-2-4-12-29(21)23)17-22-15-27-24-7-3-5-13-30(22)24/h2-15H,16-18H2,1H3. The Morgan fingerprint density at radius 1 is 0.844 bits per heavy atom. The molecule has 1 aromatic carbocycles. The first-order valence-electron chi connectivity index (χ1n) is 10.4.